The van der Waals surface area contributed by atoms with E-state index >= 15 is 4.39 Å². The highest BCUT2D eigenvalue weighted by molar-refractivity contribution is 7.89. The maximum absolute atomic E-state index is 15.4. The molecule has 8 heteroatoms. The largest absolute Gasteiger partial charge is 0.389 e. The number of ether oxygens (including phenoxy) is 1. The van der Waals surface area contributed by atoms with Gasteiger partial charge in [-0.05, 0) is 49.8 Å². The summed E-state index contributed by atoms with van der Waals surface area (Å²) >= 11 is 0. The molecule has 0 bridgehead atoms. The van der Waals surface area contributed by atoms with Gasteiger partial charge < -0.3 is 9.84 Å². The molecule has 0 amide bonds. The Kier molecular flexibility index (Phi) is 7.52. The highest BCUT2D eigenvalue weighted by Crippen LogP contribution is 2.41. The third-order valence-corrected chi connectivity index (χ3v) is 9.72. The number of carbonyl (C=O) groups excluding carboxylic acids is 1. The number of aliphatic hydroxyl groups excluding tert-OH is 1. The number of benzene rings is 2. The van der Waals surface area contributed by atoms with E-state index in [0.29, 0.717) is 50.0 Å². The predicted octanol–water partition coefficient (Wildman–Crippen LogP) is 3.88. The lowest BCUT2D eigenvalue weighted by molar-refractivity contribution is -0.124. The molecule has 2 fully saturated rings. The molecule has 2 atom stereocenters. The van der Waals surface area contributed by atoms with Crippen molar-refractivity contribution < 1.29 is 27.4 Å². The van der Waals surface area contributed by atoms with Gasteiger partial charge in [0.1, 0.15) is 17.7 Å². The zero-order valence-electron chi connectivity index (χ0n) is 19.5. The molecule has 4 rings (SSSR count). The lowest BCUT2D eigenvalue weighted by Gasteiger charge is -2.38. The molecule has 34 heavy (non-hydrogen) atoms. The zero-order valence-corrected chi connectivity index (χ0v) is 20.3. The van der Waals surface area contributed by atoms with Crippen LogP contribution in [0.1, 0.15) is 61.0 Å². The summed E-state index contributed by atoms with van der Waals surface area (Å²) in [5, 5.41) is 8.63. The molecule has 0 spiro atoms. The average molecular weight is 490 g/mol. The second-order valence-electron chi connectivity index (χ2n) is 9.49. The Balaban J connectivity index is 1.61. The minimum atomic E-state index is -3.67. The van der Waals surface area contributed by atoms with Crippen LogP contribution in [0.25, 0.3) is 0 Å². The molecule has 0 aliphatic carbocycles. The van der Waals surface area contributed by atoms with Gasteiger partial charge in [0.15, 0.2) is 5.78 Å². The fraction of sp³-hybridized carbons (Fsp3) is 0.500. The van der Waals surface area contributed by atoms with Crippen LogP contribution in [0.15, 0.2) is 48.5 Å². The summed E-state index contributed by atoms with van der Waals surface area (Å²) in [6.07, 6.45) is 2.49. The van der Waals surface area contributed by atoms with Crippen LogP contribution >= 0.6 is 0 Å². The van der Waals surface area contributed by atoms with Gasteiger partial charge in [0.05, 0.1) is 0 Å². The number of rotatable bonds is 7. The molecule has 2 aliphatic rings. The molecule has 2 aliphatic heterocycles. The Labute approximate surface area is 200 Å². The van der Waals surface area contributed by atoms with Gasteiger partial charge in [0.25, 0.3) is 0 Å². The Morgan fingerprint density at radius 3 is 2.50 bits per heavy atom. The summed E-state index contributed by atoms with van der Waals surface area (Å²) in [6, 6.07) is 13.8. The van der Waals surface area contributed by atoms with E-state index in [4.69, 9.17) is 4.74 Å². The van der Waals surface area contributed by atoms with Crippen molar-refractivity contribution >= 4 is 15.8 Å². The topological polar surface area (TPSA) is 83.9 Å². The Hall–Kier alpha value is -2.13. The van der Waals surface area contributed by atoms with E-state index in [-0.39, 0.29) is 24.8 Å². The first kappa shape index (κ1) is 25.0. The standard InChI is InChI=1S/C26H32FNO5S/c1-19-7-10-25(20-5-3-2-4-6-20)34(31,32)28(19)17-21-8-9-22(15-24(21)27)26(16-23(30)18-29)11-13-33-14-12-26/h2-6,8-9,15,19,25,29H,7,10-14,16-18H2,1H3/t19-,25+/m0/s1. The fourth-order valence-electron chi connectivity index (χ4n) is 5.29. The van der Waals surface area contributed by atoms with Crippen LogP contribution in [0.3, 0.4) is 0 Å². The summed E-state index contributed by atoms with van der Waals surface area (Å²) in [5.41, 5.74) is 1.17. The fourth-order valence-corrected chi connectivity index (χ4v) is 7.48. The minimum absolute atomic E-state index is 0.0371. The summed E-state index contributed by atoms with van der Waals surface area (Å²) in [6.45, 7) is 2.21. The molecule has 0 aromatic heterocycles. The molecule has 184 valence electrons. The minimum Gasteiger partial charge on any atom is -0.389 e. The van der Waals surface area contributed by atoms with Gasteiger partial charge in [-0.1, -0.05) is 42.5 Å². The summed E-state index contributed by atoms with van der Waals surface area (Å²) in [5.74, 6) is -0.768. The van der Waals surface area contributed by atoms with Crippen LogP contribution in [0, 0.1) is 5.82 Å². The van der Waals surface area contributed by atoms with Crippen molar-refractivity contribution in [2.24, 2.45) is 0 Å². The van der Waals surface area contributed by atoms with Gasteiger partial charge in [-0.15, -0.1) is 0 Å². The maximum atomic E-state index is 15.4. The molecule has 0 unspecified atom stereocenters. The number of nitrogens with zero attached hydrogens (tertiary/aromatic N) is 1. The van der Waals surface area contributed by atoms with Gasteiger partial charge in [0.2, 0.25) is 10.0 Å². The zero-order chi connectivity index (χ0) is 24.3. The lowest BCUT2D eigenvalue weighted by Crippen LogP contribution is -2.44. The first-order valence-corrected chi connectivity index (χ1v) is 13.3. The van der Waals surface area contributed by atoms with E-state index in [1.165, 1.54) is 10.4 Å². The van der Waals surface area contributed by atoms with Crippen molar-refractivity contribution in [3.8, 4) is 0 Å². The number of Topliss-reactive ketones (excluding diaryl/α,β-unsaturated/α-hetero) is 1. The number of hydrogen-bond acceptors (Lipinski definition) is 5. The van der Waals surface area contributed by atoms with Crippen molar-refractivity contribution in [3.63, 3.8) is 0 Å². The van der Waals surface area contributed by atoms with Gasteiger partial charge in [0, 0.05) is 43.2 Å². The molecule has 2 heterocycles. The molecule has 0 saturated carbocycles. The van der Waals surface area contributed by atoms with E-state index in [2.05, 4.69) is 0 Å². The molecule has 2 aromatic rings. The van der Waals surface area contributed by atoms with E-state index in [1.807, 2.05) is 37.3 Å². The van der Waals surface area contributed by atoms with E-state index in [1.54, 1.807) is 12.1 Å². The van der Waals surface area contributed by atoms with Crippen LogP contribution in [-0.2, 0) is 31.5 Å². The van der Waals surface area contributed by atoms with E-state index in [9.17, 15) is 18.3 Å². The average Bonchev–Trinajstić information content (AvgIpc) is 2.83. The predicted molar refractivity (Wildman–Crippen MR) is 127 cm³/mol. The van der Waals surface area contributed by atoms with Crippen molar-refractivity contribution in [1.82, 2.24) is 4.31 Å². The van der Waals surface area contributed by atoms with Crippen molar-refractivity contribution in [1.29, 1.82) is 0 Å². The third-order valence-electron chi connectivity index (χ3n) is 7.35. The molecule has 1 N–H and O–H groups in total. The van der Waals surface area contributed by atoms with Gasteiger partial charge in [-0.25, -0.2) is 12.8 Å². The van der Waals surface area contributed by atoms with Crippen LogP contribution in [0.5, 0.6) is 0 Å². The van der Waals surface area contributed by atoms with Gasteiger partial charge in [-0.3, -0.25) is 4.79 Å². The second kappa shape index (κ2) is 10.2. The van der Waals surface area contributed by atoms with E-state index < -0.39 is 33.1 Å². The smallest absolute Gasteiger partial charge is 0.221 e. The summed E-state index contributed by atoms with van der Waals surface area (Å²) in [4.78, 5) is 12.1. The number of hydrogen-bond donors (Lipinski definition) is 1. The number of aliphatic hydroxyl groups is 1. The summed E-state index contributed by atoms with van der Waals surface area (Å²) in [7, 11) is -3.67. The Morgan fingerprint density at radius 2 is 1.85 bits per heavy atom. The molecular formula is C26H32FNO5S. The Morgan fingerprint density at radius 1 is 1.15 bits per heavy atom. The number of ketones is 1. The van der Waals surface area contributed by atoms with Crippen LogP contribution in [0.4, 0.5) is 4.39 Å². The first-order chi connectivity index (χ1) is 16.3. The quantitative estimate of drug-likeness (QED) is 0.638. The monoisotopic (exact) mass is 489 g/mol. The summed E-state index contributed by atoms with van der Waals surface area (Å²) < 4.78 is 49.2. The van der Waals surface area contributed by atoms with Crippen molar-refractivity contribution in [3.05, 3.63) is 71.0 Å². The Bertz CT molecular complexity index is 1120. The molecule has 2 aromatic carbocycles. The van der Waals surface area contributed by atoms with Gasteiger partial charge in [-0.2, -0.15) is 4.31 Å². The van der Waals surface area contributed by atoms with Crippen LogP contribution in [-0.4, -0.2) is 49.5 Å². The molecule has 6 nitrogen and oxygen atoms in total. The number of halogens is 1. The highest BCUT2D eigenvalue weighted by atomic mass is 32.2. The third kappa shape index (κ3) is 4.96. The van der Waals surface area contributed by atoms with Crippen LogP contribution < -0.4 is 0 Å². The second-order valence-corrected chi connectivity index (χ2v) is 11.6. The molecule has 2 saturated heterocycles. The maximum Gasteiger partial charge on any atom is 0.221 e. The van der Waals surface area contributed by atoms with E-state index in [0.717, 1.165) is 5.56 Å². The first-order valence-electron chi connectivity index (χ1n) is 11.8. The molecular weight excluding hydrogens is 457 g/mol. The van der Waals surface area contributed by atoms with Gasteiger partial charge >= 0.3 is 0 Å². The number of sulfonamides is 1. The van der Waals surface area contributed by atoms with Crippen molar-refractivity contribution in [2.75, 3.05) is 19.8 Å². The SMILES string of the molecule is C[C@H]1CC[C@H](c2ccccc2)S(=O)(=O)N1Cc1ccc(C2(CC(=O)CO)CCOCC2)cc1F. The highest BCUT2D eigenvalue weighted by Gasteiger charge is 2.41. The van der Waals surface area contributed by atoms with Crippen LogP contribution in [0.2, 0.25) is 0 Å². The van der Waals surface area contributed by atoms with Crippen molar-refractivity contribution in [2.45, 2.75) is 62.3 Å². The number of carbonyl (C=O) groups is 1. The molecule has 0 radical (unpaired) electrons. The normalized spacial score (nSPS) is 24.6. The lowest BCUT2D eigenvalue weighted by atomic mass is 9.70.